The Hall–Kier alpha value is -3.13. The van der Waals surface area contributed by atoms with Crippen LogP contribution < -0.4 is 4.73 Å². The molecule has 1 aliphatic heterocycles. The molecule has 0 spiro atoms. The summed E-state index contributed by atoms with van der Waals surface area (Å²) in [6.07, 6.45) is -3.16. The third-order valence-electron chi connectivity index (χ3n) is 8.21. The number of pyridine rings is 1. The second-order valence-corrected chi connectivity index (χ2v) is 11.1. The molecule has 1 aromatic heterocycles. The first-order valence-electron chi connectivity index (χ1n) is 13.3. The zero-order valence-corrected chi connectivity index (χ0v) is 22.1. The topological polar surface area (TPSA) is 33.4 Å². The predicted molar refractivity (Wildman–Crippen MR) is 146 cm³/mol. The molecule has 1 aliphatic carbocycles. The van der Waals surface area contributed by atoms with E-state index in [1.807, 2.05) is 12.1 Å². The molecule has 0 radical (unpaired) electrons. The summed E-state index contributed by atoms with van der Waals surface area (Å²) in [6, 6.07) is 23.2. The van der Waals surface area contributed by atoms with E-state index in [4.69, 9.17) is 11.6 Å². The zero-order valence-electron chi connectivity index (χ0n) is 21.4. The van der Waals surface area contributed by atoms with E-state index in [1.165, 1.54) is 5.56 Å². The van der Waals surface area contributed by atoms with Gasteiger partial charge in [0.25, 0.3) is 0 Å². The van der Waals surface area contributed by atoms with Gasteiger partial charge in [0.2, 0.25) is 5.52 Å². The molecule has 8 heteroatoms. The van der Waals surface area contributed by atoms with Crippen molar-refractivity contribution in [3.63, 3.8) is 0 Å². The molecule has 0 N–H and O–H groups in total. The quantitative estimate of drug-likeness (QED) is 0.208. The van der Waals surface area contributed by atoms with E-state index in [0.29, 0.717) is 22.7 Å². The van der Waals surface area contributed by atoms with E-state index in [-0.39, 0.29) is 12.0 Å². The molecule has 3 aromatic carbocycles. The Balaban J connectivity index is 1.31. The summed E-state index contributed by atoms with van der Waals surface area (Å²) in [7, 11) is 0. The molecule has 39 heavy (non-hydrogen) atoms. The molecule has 4 nitrogen and oxygen atoms in total. The van der Waals surface area contributed by atoms with E-state index >= 15 is 0 Å². The minimum absolute atomic E-state index is 0.0106. The maximum atomic E-state index is 13.6. The van der Waals surface area contributed by atoms with Gasteiger partial charge in [0.1, 0.15) is 0 Å². The van der Waals surface area contributed by atoms with Crippen molar-refractivity contribution in [1.29, 1.82) is 0 Å². The number of nitrogens with zero attached hydrogens (tertiary/aromatic N) is 3. The van der Waals surface area contributed by atoms with Gasteiger partial charge in [0, 0.05) is 67.2 Å². The van der Waals surface area contributed by atoms with Crippen LogP contribution in [0.1, 0.15) is 46.3 Å². The van der Waals surface area contributed by atoms with Crippen molar-refractivity contribution in [2.75, 3.05) is 26.2 Å². The number of alkyl halides is 3. The summed E-state index contributed by atoms with van der Waals surface area (Å²) in [4.78, 5) is 4.88. The maximum absolute atomic E-state index is 13.6. The number of halogens is 4. The number of rotatable bonds is 4. The van der Waals surface area contributed by atoms with Gasteiger partial charge in [-0.25, -0.2) is 0 Å². The van der Waals surface area contributed by atoms with Gasteiger partial charge < -0.3 is 5.21 Å². The third-order valence-corrected chi connectivity index (χ3v) is 8.45. The van der Waals surface area contributed by atoms with E-state index in [2.05, 4.69) is 40.1 Å². The van der Waals surface area contributed by atoms with Crippen LogP contribution in [0.3, 0.4) is 0 Å². The molecule has 1 fully saturated rings. The molecule has 202 valence electrons. The maximum Gasteiger partial charge on any atom is 0.416 e. The lowest BCUT2D eigenvalue weighted by Gasteiger charge is -2.42. The first-order chi connectivity index (χ1) is 18.8. The number of benzene rings is 3. The van der Waals surface area contributed by atoms with Crippen LogP contribution in [0.15, 0.2) is 78.9 Å². The molecule has 0 bridgehead atoms. The number of hydrogen-bond acceptors (Lipinski definition) is 3. The summed E-state index contributed by atoms with van der Waals surface area (Å²) in [5.41, 5.74) is 3.70. The van der Waals surface area contributed by atoms with Crippen LogP contribution in [0, 0.1) is 5.21 Å². The van der Waals surface area contributed by atoms with Gasteiger partial charge in [-0.2, -0.15) is 17.9 Å². The largest absolute Gasteiger partial charge is 0.618 e. The highest BCUT2D eigenvalue weighted by molar-refractivity contribution is 6.31. The lowest BCUT2D eigenvalue weighted by atomic mass is 9.78. The first-order valence-corrected chi connectivity index (χ1v) is 13.7. The zero-order chi connectivity index (χ0) is 27.1. The lowest BCUT2D eigenvalue weighted by molar-refractivity contribution is -0.587. The lowest BCUT2D eigenvalue weighted by Crippen LogP contribution is -2.49. The summed E-state index contributed by atoms with van der Waals surface area (Å²) in [6.45, 7) is 4.41. The van der Waals surface area contributed by atoms with Crippen molar-refractivity contribution in [3.05, 3.63) is 117 Å². The van der Waals surface area contributed by atoms with Crippen LogP contribution >= 0.6 is 11.6 Å². The van der Waals surface area contributed by atoms with Crippen molar-refractivity contribution in [2.24, 2.45) is 0 Å². The highest BCUT2D eigenvalue weighted by Crippen LogP contribution is 2.42. The average molecular weight is 552 g/mol. The standard InChI is InChI=1S/C31H29ClF3N3O/c32-26-10-11-28-24(16-26)17-27-29(37-14-12-36(13-15-37)20-21-4-2-1-3-5-21)18-23(19-30(27)38(28)39)22-6-8-25(9-7-22)31(33,34)35/h1-11,16-17,23,29H,12-15,18-20H2. The van der Waals surface area contributed by atoms with Crippen molar-refractivity contribution < 1.29 is 17.9 Å². The molecule has 0 amide bonds. The fourth-order valence-corrected chi connectivity index (χ4v) is 6.34. The summed E-state index contributed by atoms with van der Waals surface area (Å²) >= 11 is 6.26. The number of aromatic nitrogens is 1. The fraction of sp³-hybridized carbons (Fsp3) is 0.323. The molecule has 0 saturated carbocycles. The van der Waals surface area contributed by atoms with E-state index in [1.54, 1.807) is 24.3 Å². The monoisotopic (exact) mass is 551 g/mol. The second kappa shape index (κ2) is 10.5. The molecule has 6 rings (SSSR count). The SMILES string of the molecule is [O-][n+]1c2c(cc3cc(Cl)ccc31)C(N1CCN(Cc3ccccc3)CC1)CC(c1ccc(C(F)(F)F)cc1)C2. The Kier molecular flexibility index (Phi) is 7.00. The molecular formula is C31H29ClF3N3O. The summed E-state index contributed by atoms with van der Waals surface area (Å²) in [5.74, 6) is -0.0583. The van der Waals surface area contributed by atoms with Crippen LogP contribution in [0.2, 0.25) is 5.02 Å². The Labute approximate surface area is 230 Å². The summed E-state index contributed by atoms with van der Waals surface area (Å²) < 4.78 is 40.6. The molecule has 4 aromatic rings. The molecule has 2 unspecified atom stereocenters. The van der Waals surface area contributed by atoms with Crippen molar-refractivity contribution in [1.82, 2.24) is 9.80 Å². The molecule has 2 atom stereocenters. The van der Waals surface area contributed by atoms with Crippen molar-refractivity contribution >= 4 is 22.5 Å². The Morgan fingerprint density at radius 2 is 1.62 bits per heavy atom. The average Bonchev–Trinajstić information content (AvgIpc) is 2.93. The van der Waals surface area contributed by atoms with Gasteiger partial charge in [-0.05, 0) is 53.8 Å². The van der Waals surface area contributed by atoms with Crippen molar-refractivity contribution in [2.45, 2.75) is 37.5 Å². The minimum Gasteiger partial charge on any atom is -0.618 e. The predicted octanol–water partition coefficient (Wildman–Crippen LogP) is 6.73. The van der Waals surface area contributed by atoms with E-state index in [0.717, 1.165) is 72.5 Å². The summed E-state index contributed by atoms with van der Waals surface area (Å²) in [5, 5.41) is 15.0. The Morgan fingerprint density at radius 1 is 0.897 bits per heavy atom. The van der Waals surface area contributed by atoms with Crippen LogP contribution in [-0.2, 0) is 19.1 Å². The van der Waals surface area contributed by atoms with Gasteiger partial charge in [-0.1, -0.05) is 54.1 Å². The van der Waals surface area contributed by atoms with Gasteiger partial charge in [0.15, 0.2) is 5.69 Å². The van der Waals surface area contributed by atoms with Crippen LogP contribution in [0.5, 0.6) is 0 Å². The van der Waals surface area contributed by atoms with E-state index in [9.17, 15) is 18.4 Å². The highest BCUT2D eigenvalue weighted by atomic mass is 35.5. The van der Waals surface area contributed by atoms with Gasteiger partial charge >= 0.3 is 6.18 Å². The molecule has 1 saturated heterocycles. The van der Waals surface area contributed by atoms with Crippen molar-refractivity contribution in [3.8, 4) is 0 Å². The molecular weight excluding hydrogens is 523 g/mol. The molecule has 2 heterocycles. The fourth-order valence-electron chi connectivity index (χ4n) is 6.16. The number of piperazine rings is 1. The van der Waals surface area contributed by atoms with Crippen LogP contribution in [-0.4, -0.2) is 36.0 Å². The minimum atomic E-state index is -4.38. The van der Waals surface area contributed by atoms with Gasteiger partial charge in [0.05, 0.1) is 5.56 Å². The molecule has 2 aliphatic rings. The highest BCUT2D eigenvalue weighted by Gasteiger charge is 2.38. The Bertz CT molecular complexity index is 1470. The first kappa shape index (κ1) is 26.1. The van der Waals surface area contributed by atoms with E-state index < -0.39 is 11.7 Å². The number of hydrogen-bond donors (Lipinski definition) is 0. The van der Waals surface area contributed by atoms with Crippen LogP contribution in [0.25, 0.3) is 10.9 Å². The second-order valence-electron chi connectivity index (χ2n) is 10.6. The number of fused-ring (bicyclic) bond motifs is 2. The normalized spacial score (nSPS) is 20.7. The third kappa shape index (κ3) is 5.36. The van der Waals surface area contributed by atoms with Gasteiger partial charge in [-0.15, -0.1) is 0 Å². The van der Waals surface area contributed by atoms with Gasteiger partial charge in [-0.3, -0.25) is 9.80 Å². The smallest absolute Gasteiger partial charge is 0.416 e. The Morgan fingerprint density at radius 3 is 2.31 bits per heavy atom. The van der Waals surface area contributed by atoms with Crippen LogP contribution in [0.4, 0.5) is 13.2 Å².